The third-order valence-corrected chi connectivity index (χ3v) is 1.25. The molecule has 0 N–H and O–H groups in total. The summed E-state index contributed by atoms with van der Waals surface area (Å²) in [6, 6.07) is 0. The molecule has 0 atom stereocenters. The molecule has 0 rings (SSSR count). The molecule has 0 aromatic heterocycles. The predicted molar refractivity (Wildman–Crippen MR) is 46.9 cm³/mol. The minimum atomic E-state index is -0.384. The lowest BCUT2D eigenvalue weighted by atomic mass is 10.3. The highest BCUT2D eigenvalue weighted by molar-refractivity contribution is 5.72. The Bertz CT molecular complexity index is 146. The number of hydrogen-bond donors (Lipinski definition) is 0. The first-order valence-corrected chi connectivity index (χ1v) is 4.11. The average Bonchev–Trinajstić information content (AvgIpc) is 2.05. The van der Waals surface area contributed by atoms with Crippen molar-refractivity contribution in [2.45, 2.75) is 27.1 Å². The van der Waals surface area contributed by atoms with Crippen LogP contribution < -0.4 is 0 Å². The van der Waals surface area contributed by atoms with E-state index in [1.54, 1.807) is 13.0 Å². The van der Waals surface area contributed by atoms with E-state index in [9.17, 15) is 4.79 Å². The first-order valence-electron chi connectivity index (χ1n) is 4.11. The van der Waals surface area contributed by atoms with Gasteiger partial charge in [0.05, 0.1) is 0 Å². The molecule has 0 aliphatic heterocycles. The number of aldehydes is 1. The van der Waals surface area contributed by atoms with Gasteiger partial charge in [-0.25, -0.2) is 0 Å². The lowest BCUT2D eigenvalue weighted by molar-refractivity contribution is -0.109. The maximum absolute atomic E-state index is 10.3. The molecule has 0 aliphatic carbocycles. The standard InChI is InChI=1S/C9H16O3/c1-4-11-9(12-5-2)6-8(3)7-10/h6-7,9H,4-5H2,1-3H3/b8-6+. The van der Waals surface area contributed by atoms with Gasteiger partial charge in [0.15, 0.2) is 6.29 Å². The molecular formula is C9H16O3. The molecule has 0 amide bonds. The van der Waals surface area contributed by atoms with E-state index in [0.717, 1.165) is 6.29 Å². The summed E-state index contributed by atoms with van der Waals surface area (Å²) >= 11 is 0. The van der Waals surface area contributed by atoms with Gasteiger partial charge in [-0.3, -0.25) is 4.79 Å². The highest BCUT2D eigenvalue weighted by Crippen LogP contribution is 2.00. The fourth-order valence-corrected chi connectivity index (χ4v) is 0.727. The van der Waals surface area contributed by atoms with Gasteiger partial charge in [0.1, 0.15) is 6.29 Å². The van der Waals surface area contributed by atoms with E-state index in [-0.39, 0.29) is 6.29 Å². The first-order chi connectivity index (χ1) is 5.74. The van der Waals surface area contributed by atoms with Gasteiger partial charge >= 0.3 is 0 Å². The highest BCUT2D eigenvalue weighted by atomic mass is 16.7. The number of hydrogen-bond acceptors (Lipinski definition) is 3. The Morgan fingerprint density at radius 3 is 2.17 bits per heavy atom. The zero-order valence-electron chi connectivity index (χ0n) is 7.87. The van der Waals surface area contributed by atoms with Crippen molar-refractivity contribution in [3.8, 4) is 0 Å². The Balaban J connectivity index is 4.00. The van der Waals surface area contributed by atoms with Crippen LogP contribution in [0.2, 0.25) is 0 Å². The Kier molecular flexibility index (Phi) is 6.61. The Hall–Kier alpha value is -0.670. The largest absolute Gasteiger partial charge is 0.349 e. The van der Waals surface area contributed by atoms with Gasteiger partial charge in [-0.05, 0) is 32.4 Å². The van der Waals surface area contributed by atoms with Gasteiger partial charge in [0.25, 0.3) is 0 Å². The smallest absolute Gasteiger partial charge is 0.177 e. The quantitative estimate of drug-likeness (QED) is 0.346. The summed E-state index contributed by atoms with van der Waals surface area (Å²) in [6.45, 7) is 6.64. The molecule has 0 fully saturated rings. The third-order valence-electron chi connectivity index (χ3n) is 1.25. The lowest BCUT2D eigenvalue weighted by Crippen LogP contribution is -2.15. The van der Waals surface area contributed by atoms with Crippen LogP contribution in [0, 0.1) is 0 Å². The fraction of sp³-hybridized carbons (Fsp3) is 0.667. The van der Waals surface area contributed by atoms with Crippen LogP contribution in [0.1, 0.15) is 20.8 Å². The van der Waals surface area contributed by atoms with Crippen molar-refractivity contribution in [3.63, 3.8) is 0 Å². The van der Waals surface area contributed by atoms with E-state index in [1.807, 2.05) is 13.8 Å². The zero-order chi connectivity index (χ0) is 9.40. The molecule has 0 saturated heterocycles. The summed E-state index contributed by atoms with van der Waals surface area (Å²) < 4.78 is 10.4. The van der Waals surface area contributed by atoms with Gasteiger partial charge in [0, 0.05) is 13.2 Å². The monoisotopic (exact) mass is 172 g/mol. The first kappa shape index (κ1) is 11.3. The maximum Gasteiger partial charge on any atom is 0.177 e. The van der Waals surface area contributed by atoms with Crippen molar-refractivity contribution < 1.29 is 14.3 Å². The SMILES string of the molecule is CCOC(/C=C(\C)C=O)OCC. The molecule has 0 aromatic rings. The second-order valence-electron chi connectivity index (χ2n) is 2.31. The molecule has 0 aromatic carbocycles. The predicted octanol–water partition coefficient (Wildman–Crippen LogP) is 1.53. The molecule has 0 bridgehead atoms. The Morgan fingerprint density at radius 2 is 1.83 bits per heavy atom. The van der Waals surface area contributed by atoms with Crippen LogP contribution in [0.5, 0.6) is 0 Å². The number of ether oxygens (including phenoxy) is 2. The number of allylic oxidation sites excluding steroid dienone is 1. The Morgan fingerprint density at radius 1 is 1.33 bits per heavy atom. The number of carbonyl (C=O) groups is 1. The van der Waals surface area contributed by atoms with Gasteiger partial charge in [-0.1, -0.05) is 0 Å². The maximum atomic E-state index is 10.3. The zero-order valence-corrected chi connectivity index (χ0v) is 7.87. The van der Waals surface area contributed by atoms with E-state index in [1.165, 1.54) is 0 Å². The molecule has 3 nitrogen and oxygen atoms in total. The van der Waals surface area contributed by atoms with Gasteiger partial charge in [0.2, 0.25) is 0 Å². The summed E-state index contributed by atoms with van der Waals surface area (Å²) in [5.41, 5.74) is 0.627. The summed E-state index contributed by atoms with van der Waals surface area (Å²) in [5, 5.41) is 0. The number of carbonyl (C=O) groups excluding carboxylic acids is 1. The molecule has 0 saturated carbocycles. The van der Waals surface area contributed by atoms with E-state index in [0.29, 0.717) is 18.8 Å². The van der Waals surface area contributed by atoms with Gasteiger partial charge < -0.3 is 9.47 Å². The van der Waals surface area contributed by atoms with Crippen molar-refractivity contribution in [3.05, 3.63) is 11.6 Å². The van der Waals surface area contributed by atoms with Crippen LogP contribution in [0.4, 0.5) is 0 Å². The minimum absolute atomic E-state index is 0.384. The normalized spacial score (nSPS) is 12.2. The average molecular weight is 172 g/mol. The van der Waals surface area contributed by atoms with Crippen LogP contribution in [-0.4, -0.2) is 25.8 Å². The van der Waals surface area contributed by atoms with Crippen LogP contribution in [0.15, 0.2) is 11.6 Å². The number of rotatable bonds is 6. The Labute approximate surface area is 73.4 Å². The molecule has 0 spiro atoms. The molecule has 0 heterocycles. The van der Waals surface area contributed by atoms with Crippen molar-refractivity contribution >= 4 is 6.29 Å². The molecule has 12 heavy (non-hydrogen) atoms. The van der Waals surface area contributed by atoms with Gasteiger partial charge in [-0.2, -0.15) is 0 Å². The van der Waals surface area contributed by atoms with E-state index >= 15 is 0 Å². The van der Waals surface area contributed by atoms with E-state index in [2.05, 4.69) is 0 Å². The summed E-state index contributed by atoms with van der Waals surface area (Å²) in [4.78, 5) is 10.3. The molecule has 0 unspecified atom stereocenters. The highest BCUT2D eigenvalue weighted by Gasteiger charge is 2.02. The van der Waals surface area contributed by atoms with Crippen molar-refractivity contribution in [1.29, 1.82) is 0 Å². The van der Waals surface area contributed by atoms with Crippen LogP contribution >= 0.6 is 0 Å². The minimum Gasteiger partial charge on any atom is -0.349 e. The third kappa shape index (κ3) is 5.04. The van der Waals surface area contributed by atoms with Crippen molar-refractivity contribution in [2.24, 2.45) is 0 Å². The molecular weight excluding hydrogens is 156 g/mol. The van der Waals surface area contributed by atoms with Crippen LogP contribution in [0.3, 0.4) is 0 Å². The van der Waals surface area contributed by atoms with Crippen molar-refractivity contribution in [2.75, 3.05) is 13.2 Å². The van der Waals surface area contributed by atoms with E-state index in [4.69, 9.17) is 9.47 Å². The topological polar surface area (TPSA) is 35.5 Å². The summed E-state index contributed by atoms with van der Waals surface area (Å²) in [7, 11) is 0. The van der Waals surface area contributed by atoms with Crippen LogP contribution in [-0.2, 0) is 14.3 Å². The molecule has 70 valence electrons. The lowest BCUT2D eigenvalue weighted by Gasteiger charge is -2.12. The summed E-state index contributed by atoms with van der Waals surface area (Å²) in [6.07, 6.45) is 2.07. The fourth-order valence-electron chi connectivity index (χ4n) is 0.727. The van der Waals surface area contributed by atoms with Crippen LogP contribution in [0.25, 0.3) is 0 Å². The molecule has 0 radical (unpaired) electrons. The second-order valence-corrected chi connectivity index (χ2v) is 2.31. The van der Waals surface area contributed by atoms with Crippen molar-refractivity contribution in [1.82, 2.24) is 0 Å². The molecule has 0 aliphatic rings. The molecule has 3 heteroatoms. The second kappa shape index (κ2) is 7.00. The van der Waals surface area contributed by atoms with Gasteiger partial charge in [-0.15, -0.1) is 0 Å². The summed E-state index contributed by atoms with van der Waals surface area (Å²) in [5.74, 6) is 0. The van der Waals surface area contributed by atoms with E-state index < -0.39 is 0 Å².